The number of fused-ring (bicyclic) bond motifs is 1. The standard InChI is InChI=1S/C23H26FN3O3/c1-2-30-22(28)17-4-3-5-19(14-17)25-23(29)26-11-9-20(10-12-26)27-13-8-16-6-7-18(24)15-21(16)27/h3-7,14-15,20H,2,8-13H2,1H3,(H,25,29). The summed E-state index contributed by atoms with van der Waals surface area (Å²) < 4.78 is 18.7. The molecule has 0 spiro atoms. The molecule has 0 atom stereocenters. The van der Waals surface area contributed by atoms with Crippen LogP contribution in [0.2, 0.25) is 0 Å². The highest BCUT2D eigenvalue weighted by molar-refractivity contribution is 5.94. The lowest BCUT2D eigenvalue weighted by Crippen LogP contribution is -2.47. The summed E-state index contributed by atoms with van der Waals surface area (Å²) in [4.78, 5) is 28.6. The molecular weight excluding hydrogens is 385 g/mol. The van der Waals surface area contributed by atoms with Gasteiger partial charge in [-0.15, -0.1) is 0 Å². The van der Waals surface area contributed by atoms with E-state index in [1.54, 1.807) is 42.2 Å². The highest BCUT2D eigenvalue weighted by Crippen LogP contribution is 2.33. The second-order valence-electron chi connectivity index (χ2n) is 7.67. The van der Waals surface area contributed by atoms with E-state index in [0.29, 0.717) is 37.0 Å². The van der Waals surface area contributed by atoms with E-state index < -0.39 is 5.97 Å². The number of carbonyl (C=O) groups excluding carboxylic acids is 2. The maximum Gasteiger partial charge on any atom is 0.338 e. The van der Waals surface area contributed by atoms with Crippen molar-refractivity contribution in [2.45, 2.75) is 32.2 Å². The Morgan fingerprint density at radius 3 is 2.70 bits per heavy atom. The molecular formula is C23H26FN3O3. The van der Waals surface area contributed by atoms with E-state index in [2.05, 4.69) is 10.2 Å². The van der Waals surface area contributed by atoms with Crippen LogP contribution in [0.3, 0.4) is 0 Å². The molecule has 2 amide bonds. The Kier molecular flexibility index (Phi) is 5.88. The molecule has 30 heavy (non-hydrogen) atoms. The fraction of sp³-hybridized carbons (Fsp3) is 0.391. The predicted octanol–water partition coefficient (Wildman–Crippen LogP) is 4.06. The summed E-state index contributed by atoms with van der Waals surface area (Å²) >= 11 is 0. The van der Waals surface area contributed by atoms with Crippen molar-refractivity contribution < 1.29 is 18.7 Å². The number of ether oxygens (including phenoxy) is 1. The van der Waals surface area contributed by atoms with E-state index in [1.165, 1.54) is 11.6 Å². The van der Waals surface area contributed by atoms with E-state index in [1.807, 2.05) is 6.07 Å². The van der Waals surface area contributed by atoms with Crippen LogP contribution in [0.4, 0.5) is 20.6 Å². The van der Waals surface area contributed by atoms with Crippen molar-refractivity contribution in [1.29, 1.82) is 0 Å². The SMILES string of the molecule is CCOC(=O)c1cccc(NC(=O)N2CCC(N3CCc4ccc(F)cc43)CC2)c1. The fourth-order valence-corrected chi connectivity index (χ4v) is 4.28. The molecule has 2 aliphatic rings. The van der Waals surface area contributed by atoms with Crippen LogP contribution in [-0.4, -0.2) is 49.2 Å². The van der Waals surface area contributed by atoms with Gasteiger partial charge in [0.25, 0.3) is 0 Å². The molecule has 6 nitrogen and oxygen atoms in total. The Balaban J connectivity index is 1.34. The summed E-state index contributed by atoms with van der Waals surface area (Å²) in [6, 6.07) is 11.9. The van der Waals surface area contributed by atoms with Crippen LogP contribution in [0.1, 0.15) is 35.7 Å². The first kappa shape index (κ1) is 20.2. The Labute approximate surface area is 175 Å². The normalized spacial score (nSPS) is 16.3. The van der Waals surface area contributed by atoms with Gasteiger partial charge in [0.2, 0.25) is 0 Å². The van der Waals surface area contributed by atoms with E-state index in [9.17, 15) is 14.0 Å². The van der Waals surface area contributed by atoms with Crippen LogP contribution in [0, 0.1) is 5.82 Å². The van der Waals surface area contributed by atoms with Gasteiger partial charge in [-0.05, 0) is 62.1 Å². The summed E-state index contributed by atoms with van der Waals surface area (Å²) in [7, 11) is 0. The minimum Gasteiger partial charge on any atom is -0.462 e. The lowest BCUT2D eigenvalue weighted by Gasteiger charge is -2.38. The number of likely N-dealkylation sites (tertiary alicyclic amines) is 1. The number of nitrogens with zero attached hydrogens (tertiary/aromatic N) is 2. The molecule has 0 saturated carbocycles. The minimum atomic E-state index is -0.406. The molecule has 0 aliphatic carbocycles. The molecule has 158 valence electrons. The average Bonchev–Trinajstić information content (AvgIpc) is 3.17. The number of anilines is 2. The van der Waals surface area contributed by atoms with Crippen molar-refractivity contribution in [2.75, 3.05) is 36.5 Å². The van der Waals surface area contributed by atoms with Crippen LogP contribution < -0.4 is 10.2 Å². The van der Waals surface area contributed by atoms with Gasteiger partial charge in [-0.3, -0.25) is 0 Å². The quantitative estimate of drug-likeness (QED) is 0.771. The highest BCUT2D eigenvalue weighted by Gasteiger charge is 2.31. The molecule has 2 aliphatic heterocycles. The zero-order valence-electron chi connectivity index (χ0n) is 17.1. The first-order chi connectivity index (χ1) is 14.5. The van der Waals surface area contributed by atoms with E-state index in [4.69, 9.17) is 4.74 Å². The van der Waals surface area contributed by atoms with Gasteiger partial charge in [-0.25, -0.2) is 14.0 Å². The minimum absolute atomic E-state index is 0.178. The Bertz CT molecular complexity index is 941. The lowest BCUT2D eigenvalue weighted by atomic mass is 10.0. The third kappa shape index (κ3) is 4.25. The summed E-state index contributed by atoms with van der Waals surface area (Å²) in [6.07, 6.45) is 2.62. The molecule has 0 unspecified atom stereocenters. The Morgan fingerprint density at radius 2 is 1.93 bits per heavy atom. The molecule has 4 rings (SSSR count). The maximum absolute atomic E-state index is 13.7. The highest BCUT2D eigenvalue weighted by atomic mass is 19.1. The molecule has 2 aromatic rings. The van der Waals surface area contributed by atoms with Gasteiger partial charge >= 0.3 is 12.0 Å². The number of nitrogens with one attached hydrogen (secondary N) is 1. The van der Waals surface area contributed by atoms with Crippen LogP contribution in [0.5, 0.6) is 0 Å². The molecule has 2 heterocycles. The van der Waals surface area contributed by atoms with Gasteiger partial charge in [0.1, 0.15) is 5.82 Å². The van der Waals surface area contributed by atoms with Crippen molar-refractivity contribution >= 4 is 23.4 Å². The molecule has 0 aromatic heterocycles. The zero-order chi connectivity index (χ0) is 21.1. The van der Waals surface area contributed by atoms with Gasteiger partial charge in [0.05, 0.1) is 12.2 Å². The smallest absolute Gasteiger partial charge is 0.338 e. The van der Waals surface area contributed by atoms with E-state index in [-0.39, 0.29) is 11.8 Å². The Hall–Kier alpha value is -3.09. The average molecular weight is 411 g/mol. The van der Waals surface area contributed by atoms with E-state index >= 15 is 0 Å². The first-order valence-electron chi connectivity index (χ1n) is 10.4. The number of amides is 2. The first-order valence-corrected chi connectivity index (χ1v) is 10.4. The van der Waals surface area contributed by atoms with Gasteiger partial charge < -0.3 is 19.9 Å². The topological polar surface area (TPSA) is 61.9 Å². The largest absolute Gasteiger partial charge is 0.462 e. The molecule has 2 aromatic carbocycles. The molecule has 1 fully saturated rings. The lowest BCUT2D eigenvalue weighted by molar-refractivity contribution is 0.0526. The van der Waals surface area contributed by atoms with Crippen LogP contribution in [0.25, 0.3) is 0 Å². The van der Waals surface area contributed by atoms with Crippen molar-refractivity contribution in [1.82, 2.24) is 4.90 Å². The zero-order valence-corrected chi connectivity index (χ0v) is 17.1. The van der Waals surface area contributed by atoms with Crippen LogP contribution >= 0.6 is 0 Å². The van der Waals surface area contributed by atoms with Crippen molar-refractivity contribution in [3.63, 3.8) is 0 Å². The molecule has 0 radical (unpaired) electrons. The summed E-state index contributed by atoms with van der Waals surface area (Å²) in [5, 5.41) is 2.87. The molecule has 0 bridgehead atoms. The molecule has 7 heteroatoms. The van der Waals surface area contributed by atoms with Crippen molar-refractivity contribution in [3.05, 3.63) is 59.4 Å². The predicted molar refractivity (Wildman–Crippen MR) is 113 cm³/mol. The summed E-state index contributed by atoms with van der Waals surface area (Å²) in [6.45, 7) is 4.23. The van der Waals surface area contributed by atoms with Crippen LogP contribution in [-0.2, 0) is 11.2 Å². The number of benzene rings is 2. The van der Waals surface area contributed by atoms with E-state index in [0.717, 1.165) is 31.5 Å². The van der Waals surface area contributed by atoms with Crippen LogP contribution in [0.15, 0.2) is 42.5 Å². The Morgan fingerprint density at radius 1 is 1.13 bits per heavy atom. The second-order valence-corrected chi connectivity index (χ2v) is 7.67. The third-order valence-electron chi connectivity index (χ3n) is 5.80. The number of urea groups is 1. The van der Waals surface area contributed by atoms with Gasteiger partial charge in [-0.1, -0.05) is 12.1 Å². The van der Waals surface area contributed by atoms with Gasteiger partial charge in [0.15, 0.2) is 0 Å². The number of piperidine rings is 1. The van der Waals surface area contributed by atoms with Gasteiger partial charge in [0, 0.05) is 37.1 Å². The molecule has 1 N–H and O–H groups in total. The summed E-state index contributed by atoms with van der Waals surface area (Å²) in [5.41, 5.74) is 3.16. The second kappa shape index (κ2) is 8.73. The molecule has 1 saturated heterocycles. The summed E-state index contributed by atoms with van der Waals surface area (Å²) in [5.74, 6) is -0.612. The number of esters is 1. The van der Waals surface area contributed by atoms with Crippen molar-refractivity contribution in [3.8, 4) is 0 Å². The maximum atomic E-state index is 13.7. The number of hydrogen-bond donors (Lipinski definition) is 1. The van der Waals surface area contributed by atoms with Crippen molar-refractivity contribution in [2.24, 2.45) is 0 Å². The third-order valence-corrected chi connectivity index (χ3v) is 5.80. The monoisotopic (exact) mass is 411 g/mol. The van der Waals surface area contributed by atoms with Gasteiger partial charge in [-0.2, -0.15) is 0 Å². The number of hydrogen-bond acceptors (Lipinski definition) is 4. The number of rotatable bonds is 4. The fourth-order valence-electron chi connectivity index (χ4n) is 4.28. The number of halogens is 1. The number of carbonyl (C=O) groups is 2.